The van der Waals surface area contributed by atoms with E-state index >= 15 is 0 Å². The number of nitrogens with one attached hydrogen (secondary N) is 1. The average molecular weight is 281 g/mol. The standard InChI is InChI=1S/C18H36N2/c1-6-15-8-7-9-16(10-15)20-12-17(13(2)3)19-11-18(20)14(4)5/h13-19H,6-12H2,1-5H3. The highest BCUT2D eigenvalue weighted by Crippen LogP contribution is 2.33. The highest BCUT2D eigenvalue weighted by Gasteiger charge is 2.36. The van der Waals surface area contributed by atoms with Crippen LogP contribution in [0.3, 0.4) is 0 Å². The monoisotopic (exact) mass is 280 g/mol. The zero-order valence-corrected chi connectivity index (χ0v) is 14.4. The van der Waals surface area contributed by atoms with E-state index in [-0.39, 0.29) is 0 Å². The Morgan fingerprint density at radius 3 is 2.45 bits per heavy atom. The van der Waals surface area contributed by atoms with Gasteiger partial charge in [0.1, 0.15) is 0 Å². The van der Waals surface area contributed by atoms with Gasteiger partial charge in [-0.1, -0.05) is 53.9 Å². The molecule has 1 N–H and O–H groups in total. The predicted molar refractivity (Wildman–Crippen MR) is 88.0 cm³/mol. The van der Waals surface area contributed by atoms with Crippen molar-refractivity contribution < 1.29 is 0 Å². The first-order valence-corrected chi connectivity index (χ1v) is 9.02. The van der Waals surface area contributed by atoms with Gasteiger partial charge in [-0.25, -0.2) is 0 Å². The van der Waals surface area contributed by atoms with E-state index in [0.29, 0.717) is 6.04 Å². The molecule has 0 radical (unpaired) electrons. The summed E-state index contributed by atoms with van der Waals surface area (Å²) in [5.41, 5.74) is 0. The molecule has 4 atom stereocenters. The van der Waals surface area contributed by atoms with E-state index in [0.717, 1.165) is 29.8 Å². The van der Waals surface area contributed by atoms with Crippen LogP contribution in [0.15, 0.2) is 0 Å². The summed E-state index contributed by atoms with van der Waals surface area (Å²) in [5.74, 6) is 2.49. The minimum Gasteiger partial charge on any atom is -0.311 e. The first kappa shape index (κ1) is 16.3. The Bertz CT molecular complexity index is 287. The zero-order chi connectivity index (χ0) is 14.7. The van der Waals surface area contributed by atoms with Gasteiger partial charge in [0, 0.05) is 31.2 Å². The third-order valence-corrected chi connectivity index (χ3v) is 5.80. The molecule has 1 aliphatic heterocycles. The van der Waals surface area contributed by atoms with Crippen molar-refractivity contribution >= 4 is 0 Å². The molecular weight excluding hydrogens is 244 g/mol. The van der Waals surface area contributed by atoms with Crippen LogP contribution >= 0.6 is 0 Å². The lowest BCUT2D eigenvalue weighted by Gasteiger charge is -2.49. The summed E-state index contributed by atoms with van der Waals surface area (Å²) in [6, 6.07) is 2.28. The van der Waals surface area contributed by atoms with Crippen LogP contribution in [0.4, 0.5) is 0 Å². The molecule has 0 aromatic rings. The summed E-state index contributed by atoms with van der Waals surface area (Å²) in [5, 5.41) is 3.80. The smallest absolute Gasteiger partial charge is 0.0247 e. The molecule has 2 heteroatoms. The van der Waals surface area contributed by atoms with Gasteiger partial charge in [-0.15, -0.1) is 0 Å². The highest BCUT2D eigenvalue weighted by atomic mass is 15.3. The Labute approximate surface area is 126 Å². The maximum atomic E-state index is 3.80. The molecule has 2 fully saturated rings. The minimum atomic E-state index is 0.687. The Balaban J connectivity index is 2.06. The fraction of sp³-hybridized carbons (Fsp3) is 1.00. The molecule has 2 aliphatic rings. The topological polar surface area (TPSA) is 15.3 Å². The van der Waals surface area contributed by atoms with Crippen LogP contribution in [0.25, 0.3) is 0 Å². The fourth-order valence-corrected chi connectivity index (χ4v) is 4.24. The van der Waals surface area contributed by atoms with Gasteiger partial charge in [0.25, 0.3) is 0 Å². The Kier molecular flexibility index (Phi) is 5.92. The van der Waals surface area contributed by atoms with Crippen LogP contribution in [0, 0.1) is 17.8 Å². The number of rotatable bonds is 4. The lowest BCUT2D eigenvalue weighted by molar-refractivity contribution is 0.0205. The normalized spacial score (nSPS) is 36.8. The number of hydrogen-bond donors (Lipinski definition) is 1. The van der Waals surface area contributed by atoms with Crippen LogP contribution in [-0.4, -0.2) is 36.1 Å². The van der Waals surface area contributed by atoms with Crippen LogP contribution in [0.2, 0.25) is 0 Å². The summed E-state index contributed by atoms with van der Waals surface area (Å²) in [6.45, 7) is 14.4. The van der Waals surface area contributed by atoms with Crippen molar-refractivity contribution in [3.63, 3.8) is 0 Å². The Hall–Kier alpha value is -0.0800. The third-order valence-electron chi connectivity index (χ3n) is 5.80. The number of hydrogen-bond acceptors (Lipinski definition) is 2. The van der Waals surface area contributed by atoms with Gasteiger partial charge in [-0.2, -0.15) is 0 Å². The molecule has 1 heterocycles. The van der Waals surface area contributed by atoms with Crippen molar-refractivity contribution in [1.82, 2.24) is 10.2 Å². The zero-order valence-electron chi connectivity index (χ0n) is 14.4. The fourth-order valence-electron chi connectivity index (χ4n) is 4.24. The number of nitrogens with zero attached hydrogens (tertiary/aromatic N) is 1. The van der Waals surface area contributed by atoms with Crippen LogP contribution in [0.1, 0.15) is 66.7 Å². The second kappa shape index (κ2) is 7.26. The van der Waals surface area contributed by atoms with Gasteiger partial charge >= 0.3 is 0 Å². The number of piperazine rings is 1. The Morgan fingerprint density at radius 2 is 1.85 bits per heavy atom. The lowest BCUT2D eigenvalue weighted by atomic mass is 9.81. The van der Waals surface area contributed by atoms with E-state index in [4.69, 9.17) is 0 Å². The summed E-state index contributed by atoms with van der Waals surface area (Å²) in [4.78, 5) is 2.90. The summed E-state index contributed by atoms with van der Waals surface area (Å²) >= 11 is 0. The van der Waals surface area contributed by atoms with Gasteiger partial charge in [0.15, 0.2) is 0 Å². The van der Waals surface area contributed by atoms with E-state index in [1.165, 1.54) is 45.2 Å². The average Bonchev–Trinajstić information content (AvgIpc) is 2.46. The van der Waals surface area contributed by atoms with Gasteiger partial charge in [0.05, 0.1) is 0 Å². The summed E-state index contributed by atoms with van der Waals surface area (Å²) in [7, 11) is 0. The molecule has 4 unspecified atom stereocenters. The summed E-state index contributed by atoms with van der Waals surface area (Å²) in [6.07, 6.45) is 7.18. The van der Waals surface area contributed by atoms with Crippen molar-refractivity contribution in [2.45, 2.75) is 84.8 Å². The van der Waals surface area contributed by atoms with Crippen molar-refractivity contribution in [2.24, 2.45) is 17.8 Å². The van der Waals surface area contributed by atoms with E-state index in [2.05, 4.69) is 44.8 Å². The minimum absolute atomic E-state index is 0.687. The summed E-state index contributed by atoms with van der Waals surface area (Å²) < 4.78 is 0. The molecule has 0 amide bonds. The van der Waals surface area contributed by atoms with Crippen molar-refractivity contribution in [2.75, 3.05) is 13.1 Å². The van der Waals surface area contributed by atoms with Gasteiger partial charge in [-0.3, -0.25) is 4.90 Å². The largest absolute Gasteiger partial charge is 0.311 e. The molecule has 118 valence electrons. The molecule has 1 saturated carbocycles. The molecule has 0 bridgehead atoms. The SMILES string of the molecule is CCC1CCCC(N2CC(C(C)C)NCC2C(C)C)C1. The first-order chi connectivity index (χ1) is 9.52. The molecular formula is C18H36N2. The van der Waals surface area contributed by atoms with E-state index in [1.54, 1.807) is 0 Å². The van der Waals surface area contributed by atoms with Crippen LogP contribution in [-0.2, 0) is 0 Å². The van der Waals surface area contributed by atoms with Gasteiger partial charge < -0.3 is 5.32 Å². The molecule has 0 spiro atoms. The van der Waals surface area contributed by atoms with Crippen molar-refractivity contribution in [3.8, 4) is 0 Å². The maximum Gasteiger partial charge on any atom is 0.0247 e. The molecule has 1 saturated heterocycles. The van der Waals surface area contributed by atoms with Gasteiger partial charge in [-0.05, 0) is 30.6 Å². The molecule has 2 nitrogen and oxygen atoms in total. The molecule has 0 aromatic heterocycles. The molecule has 2 rings (SSSR count). The molecule has 0 aromatic carbocycles. The second-order valence-electron chi connectivity index (χ2n) is 7.86. The Morgan fingerprint density at radius 1 is 1.10 bits per heavy atom. The van der Waals surface area contributed by atoms with E-state index in [9.17, 15) is 0 Å². The quantitative estimate of drug-likeness (QED) is 0.840. The molecule has 20 heavy (non-hydrogen) atoms. The van der Waals surface area contributed by atoms with Gasteiger partial charge in [0.2, 0.25) is 0 Å². The van der Waals surface area contributed by atoms with E-state index in [1.807, 2.05) is 0 Å². The third kappa shape index (κ3) is 3.76. The second-order valence-corrected chi connectivity index (χ2v) is 7.86. The van der Waals surface area contributed by atoms with Crippen LogP contribution < -0.4 is 5.32 Å². The van der Waals surface area contributed by atoms with Crippen molar-refractivity contribution in [1.29, 1.82) is 0 Å². The van der Waals surface area contributed by atoms with E-state index < -0.39 is 0 Å². The van der Waals surface area contributed by atoms with Crippen molar-refractivity contribution in [3.05, 3.63) is 0 Å². The highest BCUT2D eigenvalue weighted by molar-refractivity contribution is 4.93. The lowest BCUT2D eigenvalue weighted by Crippen LogP contribution is -2.62. The predicted octanol–water partition coefficient (Wildman–Crippen LogP) is 3.91. The molecule has 1 aliphatic carbocycles. The maximum absolute atomic E-state index is 3.80. The van der Waals surface area contributed by atoms with Crippen LogP contribution in [0.5, 0.6) is 0 Å². The first-order valence-electron chi connectivity index (χ1n) is 9.02.